The van der Waals surface area contributed by atoms with Gasteiger partial charge in [0.2, 0.25) is 0 Å². The van der Waals surface area contributed by atoms with Gasteiger partial charge in [0.25, 0.3) is 5.91 Å². The second-order valence-corrected chi connectivity index (χ2v) is 10.2. The van der Waals surface area contributed by atoms with E-state index in [0.717, 1.165) is 10.0 Å². The van der Waals surface area contributed by atoms with Crippen LogP contribution in [0.4, 0.5) is 5.69 Å². The van der Waals surface area contributed by atoms with E-state index in [-0.39, 0.29) is 18.1 Å². The molecule has 1 N–H and O–H groups in total. The molecule has 35 heavy (non-hydrogen) atoms. The van der Waals surface area contributed by atoms with E-state index < -0.39 is 5.97 Å². The normalized spacial score (nSPS) is 15.8. The maximum atomic E-state index is 12.9. The van der Waals surface area contributed by atoms with Gasteiger partial charge in [-0.3, -0.25) is 9.69 Å². The molecule has 1 amide bonds. The lowest BCUT2D eigenvalue weighted by Crippen LogP contribution is -2.23. The van der Waals surface area contributed by atoms with E-state index in [2.05, 4.69) is 20.9 Å². The molecular weight excluding hydrogens is 575 g/mol. The average Bonchev–Trinajstić information content (AvgIpc) is 3.07. The third-order valence-electron chi connectivity index (χ3n) is 5.00. The number of hydrogen-bond acceptors (Lipinski definition) is 5. The first kappa shape index (κ1) is 25.3. The average molecular weight is 592 g/mol. The minimum atomic E-state index is -1.01. The van der Waals surface area contributed by atoms with Gasteiger partial charge in [0, 0.05) is 32.7 Å². The van der Waals surface area contributed by atoms with Crippen molar-refractivity contribution < 1.29 is 19.4 Å². The number of amidine groups is 1. The van der Waals surface area contributed by atoms with Crippen LogP contribution in [0.3, 0.4) is 0 Å². The number of hydrogen-bond donors (Lipinski definition) is 1. The molecule has 0 atom stereocenters. The lowest BCUT2D eigenvalue weighted by atomic mass is 10.1. The molecule has 4 rings (SSSR count). The largest absolute Gasteiger partial charge is 0.488 e. The summed E-state index contributed by atoms with van der Waals surface area (Å²) < 4.78 is 6.85. The van der Waals surface area contributed by atoms with Gasteiger partial charge in [-0.25, -0.2) is 9.79 Å². The zero-order chi connectivity index (χ0) is 25.1. The molecule has 3 aromatic rings. The van der Waals surface area contributed by atoms with E-state index in [0.29, 0.717) is 37.1 Å². The molecular formula is C25H17BrCl2N2O4S. The van der Waals surface area contributed by atoms with Crippen molar-refractivity contribution >= 4 is 79.7 Å². The molecule has 1 saturated heterocycles. The van der Waals surface area contributed by atoms with Crippen LogP contribution in [0.1, 0.15) is 21.5 Å². The monoisotopic (exact) mass is 590 g/mol. The number of amides is 1. The van der Waals surface area contributed by atoms with Crippen molar-refractivity contribution in [3.63, 3.8) is 0 Å². The number of likely N-dealkylation sites (N-methyl/N-ethyl adjacent to an activating group) is 1. The minimum absolute atomic E-state index is 0.167. The Morgan fingerprint density at radius 1 is 1.14 bits per heavy atom. The standard InChI is InChI=1S/C25H17BrCl2N2O4S/c1-30-23(31)22(35-25(30)29-19-7-3-14(4-8-19)24(32)33)11-16-10-17(26)5-9-21(16)34-13-15-2-6-18(27)12-20(15)28/h2-12H,13H2,1H3,(H,32,33). The topological polar surface area (TPSA) is 79.2 Å². The summed E-state index contributed by atoms with van der Waals surface area (Å²) in [6, 6.07) is 16.9. The van der Waals surface area contributed by atoms with Crippen molar-refractivity contribution in [2.75, 3.05) is 7.05 Å². The van der Waals surface area contributed by atoms with Gasteiger partial charge in [0.15, 0.2) is 5.17 Å². The van der Waals surface area contributed by atoms with Crippen LogP contribution in [0.15, 0.2) is 75.0 Å². The van der Waals surface area contributed by atoms with E-state index in [1.165, 1.54) is 28.8 Å². The first-order valence-corrected chi connectivity index (χ1v) is 12.5. The second kappa shape index (κ2) is 10.9. The summed E-state index contributed by atoms with van der Waals surface area (Å²) in [4.78, 5) is 30.4. The van der Waals surface area contributed by atoms with Gasteiger partial charge < -0.3 is 9.84 Å². The summed E-state index contributed by atoms with van der Waals surface area (Å²) in [5.74, 6) is -0.637. The van der Waals surface area contributed by atoms with Crippen LogP contribution in [-0.4, -0.2) is 34.1 Å². The van der Waals surface area contributed by atoms with Crippen LogP contribution in [0.2, 0.25) is 10.0 Å². The van der Waals surface area contributed by atoms with Crippen LogP contribution >= 0.6 is 50.9 Å². The van der Waals surface area contributed by atoms with Crippen molar-refractivity contribution in [2.24, 2.45) is 4.99 Å². The number of carboxylic acids is 1. The van der Waals surface area contributed by atoms with Crippen LogP contribution in [0.25, 0.3) is 6.08 Å². The number of aromatic carboxylic acids is 1. The Kier molecular flexibility index (Phi) is 7.86. The molecule has 178 valence electrons. The fraction of sp³-hybridized carbons (Fsp3) is 0.0800. The SMILES string of the molecule is CN1C(=O)C(=Cc2cc(Br)ccc2OCc2ccc(Cl)cc2Cl)SC1=Nc1ccc(C(=O)O)cc1. The third-order valence-corrected chi connectivity index (χ3v) is 7.14. The number of thioether (sulfide) groups is 1. The summed E-state index contributed by atoms with van der Waals surface area (Å²) in [5, 5.41) is 10.6. The highest BCUT2D eigenvalue weighted by atomic mass is 79.9. The van der Waals surface area contributed by atoms with Gasteiger partial charge in [-0.2, -0.15) is 0 Å². The number of nitrogens with zero attached hydrogens (tertiary/aromatic N) is 2. The zero-order valence-corrected chi connectivity index (χ0v) is 22.1. The summed E-state index contributed by atoms with van der Waals surface area (Å²) in [5.41, 5.74) is 2.21. The summed E-state index contributed by atoms with van der Waals surface area (Å²) in [6.07, 6.45) is 1.75. The van der Waals surface area contributed by atoms with Crippen molar-refractivity contribution in [1.82, 2.24) is 4.90 Å². The molecule has 0 saturated carbocycles. The summed E-state index contributed by atoms with van der Waals surface area (Å²) in [7, 11) is 1.64. The first-order valence-electron chi connectivity index (χ1n) is 10.2. The van der Waals surface area contributed by atoms with Crippen LogP contribution in [-0.2, 0) is 11.4 Å². The van der Waals surface area contributed by atoms with Gasteiger partial charge in [-0.1, -0.05) is 45.2 Å². The lowest BCUT2D eigenvalue weighted by molar-refractivity contribution is -0.121. The molecule has 0 radical (unpaired) electrons. The molecule has 1 aliphatic heterocycles. The Balaban J connectivity index is 1.58. The minimum Gasteiger partial charge on any atom is -0.488 e. The quantitative estimate of drug-likeness (QED) is 0.305. The third kappa shape index (κ3) is 6.08. The van der Waals surface area contributed by atoms with Gasteiger partial charge in [0.05, 0.1) is 16.2 Å². The Bertz CT molecular complexity index is 1380. The van der Waals surface area contributed by atoms with Crippen molar-refractivity contribution in [3.05, 3.63) is 96.8 Å². The Morgan fingerprint density at radius 2 is 1.89 bits per heavy atom. The molecule has 6 nitrogen and oxygen atoms in total. The number of carbonyl (C=O) groups excluding carboxylic acids is 1. The van der Waals surface area contributed by atoms with E-state index in [4.69, 9.17) is 33.0 Å². The fourth-order valence-electron chi connectivity index (χ4n) is 3.14. The molecule has 0 aliphatic carbocycles. The maximum Gasteiger partial charge on any atom is 0.335 e. The van der Waals surface area contributed by atoms with E-state index in [1.54, 1.807) is 43.5 Å². The number of rotatable bonds is 6. The number of aliphatic imine (C=N–C) groups is 1. The molecule has 3 aromatic carbocycles. The fourth-order valence-corrected chi connectivity index (χ4v) is 4.96. The molecule has 0 bridgehead atoms. The van der Waals surface area contributed by atoms with Crippen LogP contribution in [0.5, 0.6) is 5.75 Å². The van der Waals surface area contributed by atoms with Gasteiger partial charge in [-0.05, 0) is 72.4 Å². The molecule has 1 heterocycles. The number of halogens is 3. The first-order chi connectivity index (χ1) is 16.7. The zero-order valence-electron chi connectivity index (χ0n) is 18.2. The molecule has 1 fully saturated rings. The molecule has 1 aliphatic rings. The maximum absolute atomic E-state index is 12.9. The van der Waals surface area contributed by atoms with Gasteiger partial charge >= 0.3 is 5.97 Å². The second-order valence-electron chi connectivity index (χ2n) is 7.43. The van der Waals surface area contributed by atoms with E-state index in [9.17, 15) is 9.59 Å². The number of ether oxygens (including phenoxy) is 1. The predicted octanol–water partition coefficient (Wildman–Crippen LogP) is 7.27. The summed E-state index contributed by atoms with van der Waals surface area (Å²) >= 11 is 16.9. The molecule has 10 heteroatoms. The van der Waals surface area contributed by atoms with Crippen LogP contribution < -0.4 is 4.74 Å². The van der Waals surface area contributed by atoms with Crippen molar-refractivity contribution in [2.45, 2.75) is 6.61 Å². The Hall–Kier alpha value is -2.78. The summed E-state index contributed by atoms with van der Waals surface area (Å²) in [6.45, 7) is 0.230. The Labute approximate surface area is 224 Å². The van der Waals surface area contributed by atoms with Crippen LogP contribution in [0, 0.1) is 0 Å². The lowest BCUT2D eigenvalue weighted by Gasteiger charge is -2.11. The van der Waals surface area contributed by atoms with Gasteiger partial charge in [0.1, 0.15) is 12.4 Å². The molecule has 0 unspecified atom stereocenters. The smallest absolute Gasteiger partial charge is 0.335 e. The highest BCUT2D eigenvalue weighted by Gasteiger charge is 2.30. The molecule has 0 spiro atoms. The highest BCUT2D eigenvalue weighted by Crippen LogP contribution is 2.36. The highest BCUT2D eigenvalue weighted by molar-refractivity contribution is 9.10. The Morgan fingerprint density at radius 3 is 2.57 bits per heavy atom. The van der Waals surface area contributed by atoms with E-state index >= 15 is 0 Å². The van der Waals surface area contributed by atoms with Gasteiger partial charge in [-0.15, -0.1) is 0 Å². The number of carboxylic acid groups (broad SMARTS) is 1. The van der Waals surface area contributed by atoms with Crippen molar-refractivity contribution in [3.8, 4) is 5.75 Å². The van der Waals surface area contributed by atoms with Crippen molar-refractivity contribution in [1.29, 1.82) is 0 Å². The number of benzene rings is 3. The van der Waals surface area contributed by atoms with E-state index in [1.807, 2.05) is 18.2 Å². The predicted molar refractivity (Wildman–Crippen MR) is 144 cm³/mol. The molecule has 0 aromatic heterocycles. The number of carbonyl (C=O) groups is 2.